The Morgan fingerprint density at radius 2 is 2.25 bits per heavy atom. The van der Waals surface area contributed by atoms with Crippen molar-refractivity contribution in [1.82, 2.24) is 9.38 Å². The van der Waals surface area contributed by atoms with Gasteiger partial charge in [0.25, 0.3) is 0 Å². The standard InChI is InChI=1S/C16H25N3S/c1-2-3-4-13-5-7-16(17,8-6-13)11-14-12-19-9-10-20-15(19)18-14/h9-10,12-13H,2-8,11,17H2,1H3. The Bertz CT molecular complexity index is 520. The van der Waals surface area contributed by atoms with Crippen molar-refractivity contribution < 1.29 is 0 Å². The number of aromatic nitrogens is 2. The summed E-state index contributed by atoms with van der Waals surface area (Å²) in [6.45, 7) is 2.28. The van der Waals surface area contributed by atoms with Crippen LogP contribution < -0.4 is 5.73 Å². The first kappa shape index (κ1) is 14.1. The largest absolute Gasteiger partial charge is 0.325 e. The van der Waals surface area contributed by atoms with Gasteiger partial charge in [0, 0.05) is 29.7 Å². The van der Waals surface area contributed by atoms with Crippen molar-refractivity contribution in [3.63, 3.8) is 0 Å². The fourth-order valence-corrected chi connectivity index (χ4v) is 4.15. The van der Waals surface area contributed by atoms with Crippen LogP contribution in [0, 0.1) is 5.92 Å². The second-order valence-electron chi connectivity index (χ2n) is 6.45. The average Bonchev–Trinajstić information content (AvgIpc) is 2.99. The maximum atomic E-state index is 6.63. The molecule has 2 aromatic rings. The number of thiazole rings is 1. The fourth-order valence-electron chi connectivity index (χ4n) is 3.43. The quantitative estimate of drug-likeness (QED) is 0.904. The van der Waals surface area contributed by atoms with Crippen molar-refractivity contribution in [3.05, 3.63) is 23.5 Å². The summed E-state index contributed by atoms with van der Waals surface area (Å²) in [5.41, 5.74) is 7.76. The molecule has 2 heterocycles. The lowest BCUT2D eigenvalue weighted by atomic mass is 9.73. The van der Waals surface area contributed by atoms with Gasteiger partial charge < -0.3 is 5.73 Å². The highest BCUT2D eigenvalue weighted by Gasteiger charge is 2.32. The van der Waals surface area contributed by atoms with E-state index in [9.17, 15) is 0 Å². The molecule has 0 spiro atoms. The Hall–Kier alpha value is -0.870. The zero-order valence-corrected chi connectivity index (χ0v) is 13.2. The van der Waals surface area contributed by atoms with Crippen LogP contribution in [-0.4, -0.2) is 14.9 Å². The molecule has 1 fully saturated rings. The molecule has 0 atom stereocenters. The Labute approximate surface area is 125 Å². The van der Waals surface area contributed by atoms with Crippen LogP contribution in [0.4, 0.5) is 0 Å². The Kier molecular flexibility index (Phi) is 4.13. The SMILES string of the molecule is CCCCC1CCC(N)(Cc2cn3ccsc3n2)CC1. The van der Waals surface area contributed by atoms with E-state index in [0.29, 0.717) is 0 Å². The van der Waals surface area contributed by atoms with Gasteiger partial charge in [-0.25, -0.2) is 4.98 Å². The van der Waals surface area contributed by atoms with Gasteiger partial charge in [-0.2, -0.15) is 0 Å². The minimum atomic E-state index is -0.0211. The first-order valence-corrected chi connectivity index (χ1v) is 8.76. The molecule has 0 saturated heterocycles. The van der Waals surface area contributed by atoms with Gasteiger partial charge in [0.2, 0.25) is 0 Å². The van der Waals surface area contributed by atoms with E-state index in [1.807, 2.05) is 0 Å². The number of rotatable bonds is 5. The first-order valence-electron chi connectivity index (χ1n) is 7.88. The van der Waals surface area contributed by atoms with Crippen LogP contribution in [0.2, 0.25) is 0 Å². The van der Waals surface area contributed by atoms with E-state index < -0.39 is 0 Å². The van der Waals surface area contributed by atoms with E-state index in [1.165, 1.54) is 32.1 Å². The smallest absolute Gasteiger partial charge is 0.193 e. The van der Waals surface area contributed by atoms with Crippen molar-refractivity contribution >= 4 is 16.3 Å². The lowest BCUT2D eigenvalue weighted by Gasteiger charge is -2.37. The van der Waals surface area contributed by atoms with Gasteiger partial charge >= 0.3 is 0 Å². The van der Waals surface area contributed by atoms with E-state index in [4.69, 9.17) is 5.73 Å². The third kappa shape index (κ3) is 3.07. The number of nitrogens with zero attached hydrogens (tertiary/aromatic N) is 2. The number of nitrogens with two attached hydrogens (primary N) is 1. The van der Waals surface area contributed by atoms with Crippen LogP contribution in [0.25, 0.3) is 4.96 Å². The summed E-state index contributed by atoms with van der Waals surface area (Å²) >= 11 is 1.69. The highest BCUT2D eigenvalue weighted by Crippen LogP contribution is 2.35. The summed E-state index contributed by atoms with van der Waals surface area (Å²) in [4.78, 5) is 5.77. The number of hydrogen-bond donors (Lipinski definition) is 1. The Balaban J connectivity index is 1.58. The zero-order valence-electron chi connectivity index (χ0n) is 12.3. The van der Waals surface area contributed by atoms with Crippen molar-refractivity contribution in [3.8, 4) is 0 Å². The molecule has 1 saturated carbocycles. The zero-order chi connectivity index (χ0) is 14.0. The molecule has 0 bridgehead atoms. The molecular weight excluding hydrogens is 266 g/mol. The lowest BCUT2D eigenvalue weighted by molar-refractivity contribution is 0.220. The van der Waals surface area contributed by atoms with Gasteiger partial charge in [-0.15, -0.1) is 11.3 Å². The molecule has 20 heavy (non-hydrogen) atoms. The van der Waals surface area contributed by atoms with Crippen molar-refractivity contribution in [1.29, 1.82) is 0 Å². The van der Waals surface area contributed by atoms with E-state index in [0.717, 1.165) is 35.8 Å². The summed E-state index contributed by atoms with van der Waals surface area (Å²) in [5.74, 6) is 0.914. The van der Waals surface area contributed by atoms with Gasteiger partial charge in [0.15, 0.2) is 4.96 Å². The number of unbranched alkanes of at least 4 members (excludes halogenated alkanes) is 1. The Morgan fingerprint density at radius 3 is 2.95 bits per heavy atom. The van der Waals surface area contributed by atoms with Crippen LogP contribution >= 0.6 is 11.3 Å². The second-order valence-corrected chi connectivity index (χ2v) is 7.32. The number of fused-ring (bicyclic) bond motifs is 1. The van der Waals surface area contributed by atoms with Crippen LogP contribution in [0.5, 0.6) is 0 Å². The van der Waals surface area contributed by atoms with Gasteiger partial charge in [0.1, 0.15) is 0 Å². The molecule has 0 aromatic carbocycles. The highest BCUT2D eigenvalue weighted by atomic mass is 32.1. The van der Waals surface area contributed by atoms with Gasteiger partial charge in [-0.3, -0.25) is 4.40 Å². The molecule has 3 rings (SSSR count). The summed E-state index contributed by atoms with van der Waals surface area (Å²) in [6, 6.07) is 0. The molecule has 0 radical (unpaired) electrons. The molecule has 2 aromatic heterocycles. The molecular formula is C16H25N3S. The van der Waals surface area contributed by atoms with E-state index in [-0.39, 0.29) is 5.54 Å². The minimum absolute atomic E-state index is 0.0211. The van der Waals surface area contributed by atoms with Gasteiger partial charge in [-0.05, 0) is 31.6 Å². The molecule has 1 aliphatic rings. The molecule has 110 valence electrons. The monoisotopic (exact) mass is 291 g/mol. The molecule has 3 nitrogen and oxygen atoms in total. The summed E-state index contributed by atoms with van der Waals surface area (Å²) in [7, 11) is 0. The molecule has 1 aliphatic carbocycles. The molecule has 2 N–H and O–H groups in total. The maximum absolute atomic E-state index is 6.63. The predicted molar refractivity (Wildman–Crippen MR) is 85.2 cm³/mol. The van der Waals surface area contributed by atoms with Crippen LogP contribution in [0.15, 0.2) is 17.8 Å². The van der Waals surface area contributed by atoms with Gasteiger partial charge in [0.05, 0.1) is 5.69 Å². The van der Waals surface area contributed by atoms with Crippen molar-refractivity contribution in [2.24, 2.45) is 11.7 Å². The van der Waals surface area contributed by atoms with Crippen molar-refractivity contribution in [2.45, 2.75) is 63.8 Å². The molecule has 0 aliphatic heterocycles. The summed E-state index contributed by atoms with van der Waals surface area (Å²) < 4.78 is 2.11. The first-order chi connectivity index (χ1) is 9.68. The third-order valence-electron chi connectivity index (χ3n) is 4.74. The molecule has 0 unspecified atom stereocenters. The molecule has 0 amide bonds. The minimum Gasteiger partial charge on any atom is -0.325 e. The third-order valence-corrected chi connectivity index (χ3v) is 5.51. The van der Waals surface area contributed by atoms with E-state index in [2.05, 4.69) is 34.1 Å². The Morgan fingerprint density at radius 1 is 1.45 bits per heavy atom. The van der Waals surface area contributed by atoms with Crippen LogP contribution in [0.1, 0.15) is 57.6 Å². The van der Waals surface area contributed by atoms with Crippen LogP contribution in [-0.2, 0) is 6.42 Å². The normalized spacial score (nSPS) is 27.2. The van der Waals surface area contributed by atoms with E-state index in [1.54, 1.807) is 11.3 Å². The average molecular weight is 291 g/mol. The maximum Gasteiger partial charge on any atom is 0.193 e. The number of hydrogen-bond acceptors (Lipinski definition) is 3. The lowest BCUT2D eigenvalue weighted by Crippen LogP contribution is -2.45. The summed E-state index contributed by atoms with van der Waals surface area (Å²) in [6.07, 6.45) is 14.2. The van der Waals surface area contributed by atoms with Crippen LogP contribution in [0.3, 0.4) is 0 Å². The summed E-state index contributed by atoms with van der Waals surface area (Å²) in [5, 5.41) is 2.07. The van der Waals surface area contributed by atoms with Gasteiger partial charge in [-0.1, -0.05) is 26.2 Å². The van der Waals surface area contributed by atoms with Crippen molar-refractivity contribution in [2.75, 3.05) is 0 Å². The second kappa shape index (κ2) is 5.86. The fraction of sp³-hybridized carbons (Fsp3) is 0.688. The highest BCUT2D eigenvalue weighted by molar-refractivity contribution is 7.15. The number of imidazole rings is 1. The topological polar surface area (TPSA) is 43.3 Å². The predicted octanol–water partition coefficient (Wildman–Crippen LogP) is 4.02. The van der Waals surface area contributed by atoms with E-state index >= 15 is 0 Å². The molecule has 4 heteroatoms.